The highest BCUT2D eigenvalue weighted by Gasteiger charge is 2.26. The van der Waals surface area contributed by atoms with Gasteiger partial charge in [-0.15, -0.1) is 0 Å². The van der Waals surface area contributed by atoms with E-state index in [-0.39, 0.29) is 5.92 Å². The summed E-state index contributed by atoms with van der Waals surface area (Å²) in [5.74, 6) is 1.01. The molecule has 1 unspecified atom stereocenters. The molecule has 0 radical (unpaired) electrons. The van der Waals surface area contributed by atoms with Crippen molar-refractivity contribution in [1.29, 1.82) is 0 Å². The maximum Gasteiger partial charge on any atom is 0.226 e. The summed E-state index contributed by atoms with van der Waals surface area (Å²) in [6, 6.07) is 0. The van der Waals surface area contributed by atoms with Crippen molar-refractivity contribution >= 4 is 5.91 Å². The minimum atomic E-state index is 0.0583. The number of nitrogens with two attached hydrogens (primary N) is 1. The molecule has 0 aromatic rings. The lowest BCUT2D eigenvalue weighted by Gasteiger charge is -2.24. The molecule has 1 aliphatic heterocycles. The second-order valence-corrected chi connectivity index (χ2v) is 4.88. The number of amides is 1. The Kier molecular flexibility index (Phi) is 5.81. The fourth-order valence-electron chi connectivity index (χ4n) is 2.52. The van der Waals surface area contributed by atoms with Gasteiger partial charge >= 0.3 is 0 Å². The second kappa shape index (κ2) is 6.89. The van der Waals surface area contributed by atoms with Crippen LogP contribution in [0.5, 0.6) is 0 Å². The monoisotopic (exact) mass is 226 g/mol. The number of rotatable bonds is 6. The van der Waals surface area contributed by atoms with Gasteiger partial charge < -0.3 is 10.6 Å². The number of nitrogens with zero attached hydrogens (tertiary/aromatic N) is 1. The molecular formula is C13H26N2O. The highest BCUT2D eigenvalue weighted by Crippen LogP contribution is 2.21. The van der Waals surface area contributed by atoms with E-state index in [9.17, 15) is 4.79 Å². The minimum Gasteiger partial charge on any atom is -0.342 e. The predicted molar refractivity (Wildman–Crippen MR) is 67.0 cm³/mol. The van der Waals surface area contributed by atoms with Crippen LogP contribution < -0.4 is 5.73 Å². The third kappa shape index (κ3) is 3.48. The Hall–Kier alpha value is -0.570. The normalized spacial score (nSPS) is 18.1. The van der Waals surface area contributed by atoms with Crippen LogP contribution in [0.15, 0.2) is 0 Å². The van der Waals surface area contributed by atoms with Gasteiger partial charge in [-0.05, 0) is 25.2 Å². The van der Waals surface area contributed by atoms with Crippen LogP contribution in [0, 0.1) is 11.8 Å². The Morgan fingerprint density at radius 2 is 1.81 bits per heavy atom. The average Bonchev–Trinajstić information content (AvgIpc) is 2.83. The fraction of sp³-hybridized carbons (Fsp3) is 0.923. The lowest BCUT2D eigenvalue weighted by molar-refractivity contribution is -0.134. The van der Waals surface area contributed by atoms with E-state index in [2.05, 4.69) is 13.8 Å². The first-order valence-electron chi connectivity index (χ1n) is 6.71. The third-order valence-corrected chi connectivity index (χ3v) is 3.82. The van der Waals surface area contributed by atoms with Gasteiger partial charge in [-0.1, -0.05) is 26.7 Å². The molecule has 16 heavy (non-hydrogen) atoms. The minimum absolute atomic E-state index is 0.0583. The van der Waals surface area contributed by atoms with Gasteiger partial charge in [-0.25, -0.2) is 0 Å². The Balaban J connectivity index is 2.48. The van der Waals surface area contributed by atoms with Gasteiger partial charge in [0.05, 0.1) is 5.92 Å². The summed E-state index contributed by atoms with van der Waals surface area (Å²) in [7, 11) is 0. The maximum absolute atomic E-state index is 12.2. The predicted octanol–water partition coefficient (Wildman–Crippen LogP) is 2.01. The van der Waals surface area contributed by atoms with Gasteiger partial charge in [0.15, 0.2) is 0 Å². The SMILES string of the molecule is CCC(CC)CC(CN)C(=O)N1CCCC1. The summed E-state index contributed by atoms with van der Waals surface area (Å²) in [6.07, 6.45) is 5.60. The summed E-state index contributed by atoms with van der Waals surface area (Å²) in [5, 5.41) is 0. The molecule has 3 nitrogen and oxygen atoms in total. The van der Waals surface area contributed by atoms with Crippen molar-refractivity contribution in [2.24, 2.45) is 17.6 Å². The summed E-state index contributed by atoms with van der Waals surface area (Å²) in [6.45, 7) is 6.78. The standard InChI is InChI=1S/C13H26N2O/c1-3-11(4-2)9-12(10-14)13(16)15-7-5-6-8-15/h11-12H,3-10,14H2,1-2H3. The van der Waals surface area contributed by atoms with Gasteiger partial charge in [-0.2, -0.15) is 0 Å². The zero-order chi connectivity index (χ0) is 12.0. The zero-order valence-electron chi connectivity index (χ0n) is 10.7. The largest absolute Gasteiger partial charge is 0.342 e. The van der Waals surface area contributed by atoms with Gasteiger partial charge in [0.1, 0.15) is 0 Å². The Morgan fingerprint density at radius 1 is 1.25 bits per heavy atom. The first-order chi connectivity index (χ1) is 7.72. The summed E-state index contributed by atoms with van der Waals surface area (Å²) >= 11 is 0. The molecule has 1 amide bonds. The van der Waals surface area contributed by atoms with E-state index in [4.69, 9.17) is 5.73 Å². The number of hydrogen-bond acceptors (Lipinski definition) is 2. The van der Waals surface area contributed by atoms with Gasteiger partial charge in [0.25, 0.3) is 0 Å². The van der Waals surface area contributed by atoms with Crippen LogP contribution in [0.1, 0.15) is 46.0 Å². The molecule has 1 heterocycles. The van der Waals surface area contributed by atoms with Crippen molar-refractivity contribution in [2.75, 3.05) is 19.6 Å². The van der Waals surface area contributed by atoms with E-state index in [1.807, 2.05) is 4.90 Å². The summed E-state index contributed by atoms with van der Waals surface area (Å²) in [4.78, 5) is 14.2. The molecule has 3 heteroatoms. The van der Waals surface area contributed by atoms with E-state index in [1.165, 1.54) is 0 Å². The quantitative estimate of drug-likeness (QED) is 0.753. The van der Waals surface area contributed by atoms with E-state index in [0.29, 0.717) is 18.4 Å². The first-order valence-corrected chi connectivity index (χ1v) is 6.71. The third-order valence-electron chi connectivity index (χ3n) is 3.82. The summed E-state index contributed by atoms with van der Waals surface area (Å²) < 4.78 is 0. The molecule has 1 rings (SSSR count). The maximum atomic E-state index is 12.2. The fourth-order valence-corrected chi connectivity index (χ4v) is 2.52. The van der Waals surface area contributed by atoms with Crippen LogP contribution in [0.4, 0.5) is 0 Å². The molecule has 0 bridgehead atoms. The number of hydrogen-bond donors (Lipinski definition) is 1. The first kappa shape index (κ1) is 13.5. The Labute approximate surface area is 99.4 Å². The smallest absolute Gasteiger partial charge is 0.226 e. The van der Waals surface area contributed by atoms with Crippen molar-refractivity contribution in [3.05, 3.63) is 0 Å². The summed E-state index contributed by atoms with van der Waals surface area (Å²) in [5.41, 5.74) is 5.75. The molecular weight excluding hydrogens is 200 g/mol. The highest BCUT2D eigenvalue weighted by molar-refractivity contribution is 5.79. The molecule has 94 valence electrons. The van der Waals surface area contributed by atoms with E-state index < -0.39 is 0 Å². The van der Waals surface area contributed by atoms with Crippen molar-refractivity contribution < 1.29 is 4.79 Å². The number of carbonyl (C=O) groups excluding carboxylic acids is 1. The molecule has 1 fully saturated rings. The Bertz CT molecular complexity index is 208. The van der Waals surface area contributed by atoms with Crippen LogP contribution in [-0.2, 0) is 4.79 Å². The molecule has 0 aliphatic carbocycles. The van der Waals surface area contributed by atoms with Gasteiger partial charge in [0.2, 0.25) is 5.91 Å². The van der Waals surface area contributed by atoms with E-state index >= 15 is 0 Å². The molecule has 0 aromatic heterocycles. The van der Waals surface area contributed by atoms with Crippen LogP contribution in [-0.4, -0.2) is 30.4 Å². The van der Waals surface area contributed by atoms with Crippen LogP contribution in [0.3, 0.4) is 0 Å². The average molecular weight is 226 g/mol. The van der Waals surface area contributed by atoms with Gasteiger partial charge in [0, 0.05) is 19.6 Å². The lowest BCUT2D eigenvalue weighted by Crippen LogP contribution is -2.38. The lowest BCUT2D eigenvalue weighted by atomic mass is 9.90. The molecule has 1 saturated heterocycles. The highest BCUT2D eigenvalue weighted by atomic mass is 16.2. The van der Waals surface area contributed by atoms with Crippen molar-refractivity contribution in [1.82, 2.24) is 4.90 Å². The second-order valence-electron chi connectivity index (χ2n) is 4.88. The van der Waals surface area contributed by atoms with Gasteiger partial charge in [-0.3, -0.25) is 4.79 Å². The number of likely N-dealkylation sites (tertiary alicyclic amines) is 1. The number of carbonyl (C=O) groups is 1. The van der Waals surface area contributed by atoms with Crippen LogP contribution >= 0.6 is 0 Å². The molecule has 0 aromatic carbocycles. The van der Waals surface area contributed by atoms with E-state index in [0.717, 1.165) is 45.2 Å². The zero-order valence-corrected chi connectivity index (χ0v) is 10.7. The molecule has 1 atom stereocenters. The Morgan fingerprint density at radius 3 is 2.25 bits per heavy atom. The molecule has 0 saturated carbocycles. The van der Waals surface area contributed by atoms with Crippen molar-refractivity contribution in [2.45, 2.75) is 46.0 Å². The van der Waals surface area contributed by atoms with Crippen LogP contribution in [0.25, 0.3) is 0 Å². The molecule has 2 N–H and O–H groups in total. The molecule has 1 aliphatic rings. The van der Waals surface area contributed by atoms with Crippen molar-refractivity contribution in [3.63, 3.8) is 0 Å². The topological polar surface area (TPSA) is 46.3 Å². The molecule has 0 spiro atoms. The van der Waals surface area contributed by atoms with E-state index in [1.54, 1.807) is 0 Å². The van der Waals surface area contributed by atoms with Crippen molar-refractivity contribution in [3.8, 4) is 0 Å². The van der Waals surface area contributed by atoms with Crippen LogP contribution in [0.2, 0.25) is 0 Å².